The first-order valence-corrected chi connectivity index (χ1v) is 15.3. The third-order valence-electron chi connectivity index (χ3n) is 7.92. The van der Waals surface area contributed by atoms with E-state index in [-0.39, 0.29) is 16.5 Å². The van der Waals surface area contributed by atoms with Crippen molar-refractivity contribution in [2.45, 2.75) is 85.5 Å². The second kappa shape index (κ2) is 7.10. The van der Waals surface area contributed by atoms with Crippen LogP contribution in [0.25, 0.3) is 0 Å². The minimum absolute atomic E-state index is 0.0213. The second-order valence-corrected chi connectivity index (χ2v) is 17.7. The summed E-state index contributed by atoms with van der Waals surface area (Å²) in [5, 5.41) is 20.4. The first-order chi connectivity index (χ1) is 14.6. The molecule has 3 saturated heterocycles. The molecule has 4 rings (SSSR count). The van der Waals surface area contributed by atoms with E-state index in [1.807, 2.05) is 13.1 Å². The van der Waals surface area contributed by atoms with E-state index >= 15 is 0 Å². The molecule has 0 aromatic heterocycles. The van der Waals surface area contributed by atoms with E-state index in [4.69, 9.17) is 13.9 Å². The molecule has 0 amide bonds. The normalized spacial score (nSPS) is 39.2. The van der Waals surface area contributed by atoms with Crippen LogP contribution in [0.5, 0.6) is 0 Å². The van der Waals surface area contributed by atoms with Crippen LogP contribution in [0.3, 0.4) is 0 Å². The zero-order valence-corrected chi connectivity index (χ0v) is 21.0. The number of hydrogen-bond acceptors (Lipinski definition) is 8. The van der Waals surface area contributed by atoms with Gasteiger partial charge >= 0.3 is 5.97 Å². The Morgan fingerprint density at radius 1 is 1.12 bits per heavy atom. The fourth-order valence-corrected chi connectivity index (χ4v) is 8.40. The Kier molecular flexibility index (Phi) is 5.29. The zero-order valence-electron chi connectivity index (χ0n) is 19.2. The monoisotopic (exact) mass is 484 g/mol. The van der Waals surface area contributed by atoms with Crippen molar-refractivity contribution in [2.75, 3.05) is 6.61 Å². The van der Waals surface area contributed by atoms with Crippen LogP contribution in [-0.2, 0) is 28.5 Å². The number of rotatable bonds is 5. The van der Waals surface area contributed by atoms with Crippen molar-refractivity contribution in [2.24, 2.45) is 5.92 Å². The summed E-state index contributed by atoms with van der Waals surface area (Å²) in [6, 6.07) is 7.76. The lowest BCUT2D eigenvalue weighted by atomic mass is 9.70. The van der Waals surface area contributed by atoms with Crippen LogP contribution in [0.4, 0.5) is 0 Å². The lowest BCUT2D eigenvalue weighted by molar-refractivity contribution is -0.153. The molecule has 3 fully saturated rings. The lowest BCUT2D eigenvalue weighted by Crippen LogP contribution is -2.64. The van der Waals surface area contributed by atoms with Crippen LogP contribution < -0.4 is 0 Å². The Bertz CT molecular complexity index is 1020. The maximum absolute atomic E-state index is 13.6. The molecule has 0 saturated carbocycles. The summed E-state index contributed by atoms with van der Waals surface area (Å²) in [5.74, 6) is -2.03. The summed E-state index contributed by atoms with van der Waals surface area (Å²) in [6.45, 7) is 11.7. The van der Waals surface area contributed by atoms with Gasteiger partial charge in [0.15, 0.2) is 29.9 Å². The molecule has 0 aliphatic carbocycles. The molecule has 3 heterocycles. The Morgan fingerprint density at radius 3 is 2.28 bits per heavy atom. The topological polar surface area (TPSA) is 119 Å². The molecule has 0 radical (unpaired) electrons. The summed E-state index contributed by atoms with van der Waals surface area (Å²) < 4.78 is 45.2. The first-order valence-electron chi connectivity index (χ1n) is 10.8. The Labute approximate surface area is 189 Å². The second-order valence-electron chi connectivity index (χ2n) is 10.8. The fourth-order valence-electron chi connectivity index (χ4n) is 5.08. The number of ether oxygens (including phenoxy) is 2. The van der Waals surface area contributed by atoms with Crippen molar-refractivity contribution in [1.82, 2.24) is 0 Å². The molecule has 7 atom stereocenters. The Morgan fingerprint density at radius 2 is 1.72 bits per heavy atom. The Balaban J connectivity index is 1.75. The zero-order chi connectivity index (χ0) is 23.9. The molecule has 2 bridgehead atoms. The van der Waals surface area contributed by atoms with Crippen molar-refractivity contribution < 1.29 is 37.3 Å². The first kappa shape index (κ1) is 23.8. The predicted molar refractivity (Wildman–Crippen MR) is 118 cm³/mol. The number of hydrogen-bond donors (Lipinski definition) is 2. The van der Waals surface area contributed by atoms with Gasteiger partial charge in [-0.25, -0.2) is 8.42 Å². The van der Waals surface area contributed by atoms with Gasteiger partial charge in [0.2, 0.25) is 0 Å². The number of carbonyl (C=O) groups is 1. The van der Waals surface area contributed by atoms with Crippen LogP contribution in [-0.4, -0.2) is 74.3 Å². The number of fused-ring (bicyclic) bond motifs is 1. The van der Waals surface area contributed by atoms with E-state index in [1.54, 1.807) is 18.2 Å². The van der Waals surface area contributed by atoms with Gasteiger partial charge in [0, 0.05) is 0 Å². The summed E-state index contributed by atoms with van der Waals surface area (Å²) in [7, 11) is -6.34. The molecule has 2 N–H and O–H groups in total. The highest BCUT2D eigenvalue weighted by Gasteiger charge is 2.84. The molecule has 1 aromatic carbocycles. The highest BCUT2D eigenvalue weighted by atomic mass is 32.2. The molecular weight excluding hydrogens is 452 g/mol. The molecule has 6 unspecified atom stereocenters. The molecule has 1 spiro atoms. The quantitative estimate of drug-likeness (QED) is 0.478. The van der Waals surface area contributed by atoms with Crippen molar-refractivity contribution >= 4 is 24.1 Å². The van der Waals surface area contributed by atoms with Crippen molar-refractivity contribution in [1.29, 1.82) is 0 Å². The molecule has 1 aromatic rings. The molecule has 8 nitrogen and oxygen atoms in total. The number of sulfone groups is 1. The number of benzene rings is 1. The average molecular weight is 485 g/mol. The van der Waals surface area contributed by atoms with Crippen LogP contribution in [0, 0.1) is 5.92 Å². The van der Waals surface area contributed by atoms with Gasteiger partial charge in [-0.1, -0.05) is 39.0 Å². The van der Waals surface area contributed by atoms with E-state index in [2.05, 4.69) is 20.8 Å². The average Bonchev–Trinajstić information content (AvgIpc) is 3.22. The van der Waals surface area contributed by atoms with E-state index in [9.17, 15) is 23.4 Å². The minimum atomic E-state index is -4.10. The lowest BCUT2D eigenvalue weighted by Gasteiger charge is -2.40. The van der Waals surface area contributed by atoms with E-state index < -0.39 is 64.8 Å². The van der Waals surface area contributed by atoms with Gasteiger partial charge in [0.25, 0.3) is 0 Å². The summed E-state index contributed by atoms with van der Waals surface area (Å²) >= 11 is 0. The van der Waals surface area contributed by atoms with Gasteiger partial charge in [0.1, 0.15) is 29.0 Å². The van der Waals surface area contributed by atoms with Crippen molar-refractivity contribution in [3.05, 3.63) is 30.3 Å². The summed E-state index contributed by atoms with van der Waals surface area (Å²) in [5.41, 5.74) is -3.37. The molecular formula is C22H32O8SSi. The minimum Gasteiger partial charge on any atom is -0.456 e. The van der Waals surface area contributed by atoms with E-state index in [1.165, 1.54) is 19.1 Å². The Hall–Kier alpha value is -1.30. The molecule has 32 heavy (non-hydrogen) atoms. The van der Waals surface area contributed by atoms with E-state index in [0.717, 1.165) is 0 Å². The maximum Gasteiger partial charge on any atom is 0.314 e. The van der Waals surface area contributed by atoms with Crippen LogP contribution in [0.2, 0.25) is 18.1 Å². The fraction of sp³-hybridized carbons (Fsp3) is 0.682. The molecule has 178 valence electrons. The molecule has 3 aliphatic heterocycles. The van der Waals surface area contributed by atoms with E-state index in [0.29, 0.717) is 0 Å². The number of aliphatic hydroxyl groups excluding tert-OH is 2. The summed E-state index contributed by atoms with van der Waals surface area (Å²) in [6.07, 6.45) is -4.03. The predicted octanol–water partition coefficient (Wildman–Crippen LogP) is 1.66. The van der Waals surface area contributed by atoms with Crippen LogP contribution in [0.15, 0.2) is 35.2 Å². The van der Waals surface area contributed by atoms with Gasteiger partial charge in [-0.3, -0.25) is 4.79 Å². The molecule has 10 heteroatoms. The SMILES string of the molecule is CC12OC3(C(O)C1O)C(C(=O)O[C@H]3CO[Si](C)(C)C(C)(C)C)C2S(=O)(=O)c1ccccc1. The third-order valence-corrected chi connectivity index (χ3v) is 14.8. The summed E-state index contributed by atoms with van der Waals surface area (Å²) in [4.78, 5) is 13.1. The smallest absolute Gasteiger partial charge is 0.314 e. The number of cyclic esters (lactones) is 1. The maximum atomic E-state index is 13.6. The van der Waals surface area contributed by atoms with Gasteiger partial charge in [-0.05, 0) is 37.2 Å². The van der Waals surface area contributed by atoms with Gasteiger partial charge in [-0.2, -0.15) is 0 Å². The standard InChI is InChI=1S/C22H32O8SSi/c1-20(2,3)32(5,6)28-12-14-22-15(19(25)29-14)18(21(4,30-22)16(23)17(22)24)31(26,27)13-10-8-7-9-11-13/h7-11,14-18,23-24H,12H2,1-6H3/t14-,15?,16?,17?,18?,21?,22?/m0/s1. The van der Waals surface area contributed by atoms with Crippen molar-refractivity contribution in [3.8, 4) is 0 Å². The van der Waals surface area contributed by atoms with Crippen LogP contribution in [0.1, 0.15) is 27.7 Å². The van der Waals surface area contributed by atoms with Gasteiger partial charge in [0.05, 0.1) is 11.5 Å². The van der Waals surface area contributed by atoms with Gasteiger partial charge in [-0.15, -0.1) is 0 Å². The van der Waals surface area contributed by atoms with Crippen LogP contribution >= 0.6 is 0 Å². The number of carbonyl (C=O) groups excluding carboxylic acids is 1. The van der Waals surface area contributed by atoms with Gasteiger partial charge < -0.3 is 24.1 Å². The number of aliphatic hydroxyl groups is 2. The number of esters is 1. The van der Waals surface area contributed by atoms with Crippen molar-refractivity contribution in [3.63, 3.8) is 0 Å². The third kappa shape index (κ3) is 3.00. The largest absolute Gasteiger partial charge is 0.456 e. The highest BCUT2D eigenvalue weighted by molar-refractivity contribution is 7.92. The molecule has 3 aliphatic rings. The highest BCUT2D eigenvalue weighted by Crippen LogP contribution is 2.62.